The first kappa shape index (κ1) is 13.9. The molecule has 72 valence electrons. The molecule has 0 aromatic rings. The summed E-state index contributed by atoms with van der Waals surface area (Å²) in [6.45, 7) is 4.60. The lowest BCUT2D eigenvalue weighted by molar-refractivity contribution is -0.132. The zero-order valence-corrected chi connectivity index (χ0v) is 9.96. The Morgan fingerprint density at radius 1 is 1.50 bits per heavy atom. The Balaban J connectivity index is 0. The third-order valence-corrected chi connectivity index (χ3v) is 1.97. The van der Waals surface area contributed by atoms with E-state index in [-0.39, 0.29) is 11.5 Å². The molecule has 1 N–H and O–H groups in total. The Labute approximate surface area is 75.6 Å². The van der Waals surface area contributed by atoms with E-state index in [2.05, 4.69) is 6.58 Å². The Kier molecular flexibility index (Phi) is 9.78. The van der Waals surface area contributed by atoms with Crippen LogP contribution in [0.4, 0.5) is 0 Å². The molecule has 0 fully saturated rings. The smallest absolute Gasteiger partial charge is 0.330 e. The van der Waals surface area contributed by atoms with Crippen LogP contribution in [-0.2, 0) is 14.3 Å². The molecular formula is C7H16O4Si. The maximum absolute atomic E-state index is 9.60. The number of carboxylic acids is 1. The monoisotopic (exact) mass is 192 g/mol. The first-order valence-corrected chi connectivity index (χ1v) is 4.55. The standard InChI is InChI=1S/C4H6O2.C3H10O2Si/c1-3(2)4(5)6;1-4-3(6)5-2/h1H2,2H3,(H,5,6);3H,1-2,6H3. The predicted octanol–water partition coefficient (Wildman–Crippen LogP) is -0.425. The van der Waals surface area contributed by atoms with Crippen molar-refractivity contribution < 1.29 is 19.4 Å². The molecule has 0 aliphatic rings. The third-order valence-electron chi connectivity index (χ3n) is 1.03. The SMILES string of the molecule is C=C(C)C(=O)O.COC([SiH3])OC. The molecular weight excluding hydrogens is 176 g/mol. The summed E-state index contributed by atoms with van der Waals surface area (Å²) >= 11 is 0. The van der Waals surface area contributed by atoms with E-state index in [4.69, 9.17) is 14.6 Å². The van der Waals surface area contributed by atoms with Crippen molar-refractivity contribution in [3.05, 3.63) is 12.2 Å². The molecule has 5 heteroatoms. The summed E-state index contributed by atoms with van der Waals surface area (Å²) < 4.78 is 9.48. The van der Waals surface area contributed by atoms with Crippen molar-refractivity contribution in [2.75, 3.05) is 14.2 Å². The van der Waals surface area contributed by atoms with Crippen molar-refractivity contribution in [1.29, 1.82) is 0 Å². The van der Waals surface area contributed by atoms with Crippen molar-refractivity contribution >= 4 is 16.2 Å². The molecule has 0 unspecified atom stereocenters. The molecule has 0 heterocycles. The van der Waals surface area contributed by atoms with E-state index < -0.39 is 5.97 Å². The fourth-order valence-corrected chi connectivity index (χ4v) is 0.0962. The van der Waals surface area contributed by atoms with Crippen LogP contribution in [-0.4, -0.2) is 41.5 Å². The largest absolute Gasteiger partial charge is 0.478 e. The average molecular weight is 192 g/mol. The molecule has 4 nitrogen and oxygen atoms in total. The first-order valence-electron chi connectivity index (χ1n) is 3.40. The minimum atomic E-state index is -0.935. The lowest BCUT2D eigenvalue weighted by Gasteiger charge is -2.03. The molecule has 0 aliphatic carbocycles. The molecule has 0 aromatic heterocycles. The number of carboxylic acid groups (broad SMARTS) is 1. The number of carbonyl (C=O) groups is 1. The summed E-state index contributed by atoms with van der Waals surface area (Å²) in [6.07, 6.45) is 0. The van der Waals surface area contributed by atoms with E-state index in [0.29, 0.717) is 0 Å². The number of rotatable bonds is 3. The van der Waals surface area contributed by atoms with E-state index in [0.717, 1.165) is 10.2 Å². The van der Waals surface area contributed by atoms with E-state index >= 15 is 0 Å². The molecule has 0 saturated carbocycles. The topological polar surface area (TPSA) is 55.8 Å². The molecule has 0 amide bonds. The lowest BCUT2D eigenvalue weighted by atomic mass is 10.4. The number of hydrogen-bond acceptors (Lipinski definition) is 3. The maximum Gasteiger partial charge on any atom is 0.330 e. The minimum Gasteiger partial charge on any atom is -0.478 e. The van der Waals surface area contributed by atoms with Gasteiger partial charge in [0, 0.05) is 19.8 Å². The van der Waals surface area contributed by atoms with Crippen LogP contribution in [0.2, 0.25) is 0 Å². The van der Waals surface area contributed by atoms with Crippen molar-refractivity contribution in [3.8, 4) is 0 Å². The van der Waals surface area contributed by atoms with Crippen LogP contribution < -0.4 is 0 Å². The third kappa shape index (κ3) is 12.1. The molecule has 0 aliphatic heterocycles. The van der Waals surface area contributed by atoms with Gasteiger partial charge in [-0.2, -0.15) is 0 Å². The van der Waals surface area contributed by atoms with Gasteiger partial charge in [-0.3, -0.25) is 0 Å². The second-order valence-corrected chi connectivity index (χ2v) is 3.07. The van der Waals surface area contributed by atoms with Gasteiger partial charge in [-0.25, -0.2) is 4.79 Å². The summed E-state index contributed by atoms with van der Waals surface area (Å²) in [5, 5.41) is 7.89. The average Bonchev–Trinajstić information content (AvgIpc) is 2.04. The number of ether oxygens (including phenoxy) is 2. The van der Waals surface area contributed by atoms with E-state index in [9.17, 15) is 4.79 Å². The predicted molar refractivity (Wildman–Crippen MR) is 50.2 cm³/mol. The van der Waals surface area contributed by atoms with Crippen molar-refractivity contribution in [2.24, 2.45) is 0 Å². The highest BCUT2D eigenvalue weighted by Gasteiger charge is 1.90. The molecule has 0 spiro atoms. The van der Waals surface area contributed by atoms with Crippen molar-refractivity contribution in [2.45, 2.75) is 12.8 Å². The van der Waals surface area contributed by atoms with Crippen LogP contribution in [0.25, 0.3) is 0 Å². The van der Waals surface area contributed by atoms with Crippen LogP contribution in [0, 0.1) is 0 Å². The highest BCUT2D eigenvalue weighted by atomic mass is 28.1. The quantitative estimate of drug-likeness (QED) is 0.375. The van der Waals surface area contributed by atoms with Gasteiger partial charge in [-0.15, -0.1) is 0 Å². The van der Waals surface area contributed by atoms with Gasteiger partial charge in [0.15, 0.2) is 0 Å². The number of hydrogen-bond donors (Lipinski definition) is 1. The lowest BCUT2D eigenvalue weighted by Crippen LogP contribution is -2.11. The Morgan fingerprint density at radius 2 is 1.75 bits per heavy atom. The van der Waals surface area contributed by atoms with Gasteiger partial charge < -0.3 is 14.6 Å². The van der Waals surface area contributed by atoms with Crippen LogP contribution in [0.3, 0.4) is 0 Å². The molecule has 12 heavy (non-hydrogen) atoms. The van der Waals surface area contributed by atoms with Crippen LogP contribution >= 0.6 is 0 Å². The van der Waals surface area contributed by atoms with Gasteiger partial charge in [0.2, 0.25) is 0 Å². The Bertz CT molecular complexity index is 130. The van der Waals surface area contributed by atoms with E-state index in [1.807, 2.05) is 0 Å². The maximum atomic E-state index is 9.60. The second kappa shape index (κ2) is 8.44. The first-order chi connectivity index (χ1) is 5.45. The van der Waals surface area contributed by atoms with Gasteiger partial charge in [0.25, 0.3) is 0 Å². The normalized spacial score (nSPS) is 9.00. The molecule has 0 bridgehead atoms. The van der Waals surface area contributed by atoms with Crippen LogP contribution in [0.5, 0.6) is 0 Å². The minimum absolute atomic E-state index is 0.0741. The zero-order chi connectivity index (χ0) is 10.1. The second-order valence-electron chi connectivity index (χ2n) is 2.12. The molecule has 0 rings (SSSR count). The van der Waals surface area contributed by atoms with Crippen LogP contribution in [0.1, 0.15) is 6.92 Å². The van der Waals surface area contributed by atoms with Gasteiger partial charge >= 0.3 is 5.97 Å². The Hall–Kier alpha value is -0.653. The fourth-order valence-electron chi connectivity index (χ4n) is 0.0962. The van der Waals surface area contributed by atoms with Gasteiger partial charge in [-0.05, 0) is 6.92 Å². The highest BCUT2D eigenvalue weighted by Crippen LogP contribution is 1.81. The summed E-state index contributed by atoms with van der Waals surface area (Å²) in [4.78, 5) is 9.60. The Morgan fingerprint density at radius 3 is 1.75 bits per heavy atom. The van der Waals surface area contributed by atoms with Gasteiger partial charge in [0.1, 0.15) is 5.91 Å². The number of methoxy groups -OCH3 is 2. The van der Waals surface area contributed by atoms with Crippen molar-refractivity contribution in [3.63, 3.8) is 0 Å². The molecule has 0 aromatic carbocycles. The van der Waals surface area contributed by atoms with E-state index in [1.54, 1.807) is 14.2 Å². The summed E-state index contributed by atoms with van der Waals surface area (Å²) in [5.41, 5.74) is 0.176. The van der Waals surface area contributed by atoms with Gasteiger partial charge in [-0.1, -0.05) is 6.58 Å². The molecule has 0 radical (unpaired) electrons. The van der Waals surface area contributed by atoms with Gasteiger partial charge in [0.05, 0.1) is 10.2 Å². The summed E-state index contributed by atoms with van der Waals surface area (Å²) in [5.74, 6) is -0.861. The zero-order valence-electron chi connectivity index (χ0n) is 7.96. The molecule has 0 atom stereocenters. The molecule has 0 saturated heterocycles. The number of aliphatic carboxylic acids is 1. The fraction of sp³-hybridized carbons (Fsp3) is 0.571. The summed E-state index contributed by atoms with van der Waals surface area (Å²) in [6, 6.07) is 0. The summed E-state index contributed by atoms with van der Waals surface area (Å²) in [7, 11) is 4.23. The highest BCUT2D eigenvalue weighted by molar-refractivity contribution is 6.09. The van der Waals surface area contributed by atoms with Crippen molar-refractivity contribution in [1.82, 2.24) is 0 Å². The van der Waals surface area contributed by atoms with Crippen LogP contribution in [0.15, 0.2) is 12.2 Å². The van der Waals surface area contributed by atoms with E-state index in [1.165, 1.54) is 6.92 Å².